The Kier molecular flexibility index (Phi) is 5.65. The fourth-order valence-electron chi connectivity index (χ4n) is 3.76. The Bertz CT molecular complexity index is 551. The summed E-state index contributed by atoms with van der Waals surface area (Å²) in [5, 5.41) is 7.02. The van der Waals surface area contributed by atoms with Gasteiger partial charge in [0, 0.05) is 24.2 Å². The molecule has 0 saturated heterocycles. The molecule has 1 heterocycles. The van der Waals surface area contributed by atoms with E-state index in [4.69, 9.17) is 0 Å². The molecule has 2 N–H and O–H groups in total. The fourth-order valence-corrected chi connectivity index (χ4v) is 4.75. The van der Waals surface area contributed by atoms with Crippen LogP contribution in [0.3, 0.4) is 0 Å². The first kappa shape index (κ1) is 16.4. The number of anilines is 1. The van der Waals surface area contributed by atoms with Crippen molar-refractivity contribution in [1.82, 2.24) is 10.3 Å². The summed E-state index contributed by atoms with van der Waals surface area (Å²) in [6, 6.07) is 0.191. The molecule has 3 rings (SSSR count). The highest BCUT2D eigenvalue weighted by molar-refractivity contribution is 7.15. The number of aromatic nitrogens is 1. The summed E-state index contributed by atoms with van der Waals surface area (Å²) in [6.45, 7) is 0. The number of carbonyl (C=O) groups excluding carboxylic acids is 1. The highest BCUT2D eigenvalue weighted by Gasteiger charge is 2.33. The number of aliphatic imine (C=N–C) groups is 1. The Morgan fingerprint density at radius 2 is 2.09 bits per heavy atom. The van der Waals surface area contributed by atoms with Crippen LogP contribution in [-0.2, 0) is 4.79 Å². The monoisotopic (exact) mass is 334 g/mol. The minimum atomic E-state index is 0.00929. The number of hydrogen-bond acceptors (Lipinski definition) is 4. The van der Waals surface area contributed by atoms with Crippen molar-refractivity contribution < 1.29 is 4.79 Å². The summed E-state index contributed by atoms with van der Waals surface area (Å²) >= 11 is 1.66. The quantitative estimate of drug-likeness (QED) is 0.639. The summed E-state index contributed by atoms with van der Waals surface area (Å²) in [7, 11) is 1.74. The molecule has 1 aromatic rings. The van der Waals surface area contributed by atoms with E-state index in [9.17, 15) is 4.79 Å². The van der Waals surface area contributed by atoms with Crippen molar-refractivity contribution in [2.24, 2.45) is 10.9 Å². The zero-order valence-electron chi connectivity index (χ0n) is 13.8. The van der Waals surface area contributed by atoms with Crippen LogP contribution < -0.4 is 10.6 Å². The number of carbonyl (C=O) groups is 1. The van der Waals surface area contributed by atoms with E-state index in [0.29, 0.717) is 5.92 Å². The van der Waals surface area contributed by atoms with Gasteiger partial charge in [-0.25, -0.2) is 4.98 Å². The van der Waals surface area contributed by atoms with Crippen LogP contribution in [0.15, 0.2) is 11.2 Å². The second kappa shape index (κ2) is 7.90. The number of hydrogen-bond donors (Lipinski definition) is 2. The van der Waals surface area contributed by atoms with Crippen molar-refractivity contribution in [2.45, 2.75) is 63.3 Å². The molecule has 0 radical (unpaired) electrons. The molecule has 0 aliphatic heterocycles. The predicted octanol–water partition coefficient (Wildman–Crippen LogP) is 3.55. The van der Waals surface area contributed by atoms with Gasteiger partial charge < -0.3 is 10.6 Å². The van der Waals surface area contributed by atoms with Gasteiger partial charge in [0.1, 0.15) is 0 Å². The topological polar surface area (TPSA) is 66.4 Å². The zero-order chi connectivity index (χ0) is 16.1. The van der Waals surface area contributed by atoms with E-state index in [1.807, 2.05) is 6.20 Å². The number of rotatable bonds is 5. The van der Waals surface area contributed by atoms with Crippen molar-refractivity contribution >= 4 is 28.7 Å². The lowest BCUT2D eigenvalue weighted by molar-refractivity contribution is -0.120. The molecular weight excluding hydrogens is 308 g/mol. The van der Waals surface area contributed by atoms with Crippen LogP contribution in [0.5, 0.6) is 0 Å². The van der Waals surface area contributed by atoms with Crippen LogP contribution in [0.4, 0.5) is 5.13 Å². The maximum Gasteiger partial charge on any atom is 0.231 e. The lowest BCUT2D eigenvalue weighted by Crippen LogP contribution is -2.38. The molecule has 6 heteroatoms. The smallest absolute Gasteiger partial charge is 0.231 e. The molecular formula is C17H26N4OS. The van der Waals surface area contributed by atoms with Crippen molar-refractivity contribution in [2.75, 3.05) is 12.4 Å². The van der Waals surface area contributed by atoms with Gasteiger partial charge in [-0.2, -0.15) is 0 Å². The molecule has 0 aromatic carbocycles. The van der Waals surface area contributed by atoms with E-state index < -0.39 is 0 Å². The first-order chi connectivity index (χ1) is 11.3. The average molecular weight is 334 g/mol. The third kappa shape index (κ3) is 4.10. The molecule has 2 saturated carbocycles. The Morgan fingerprint density at radius 3 is 2.87 bits per heavy atom. The second-order valence-electron chi connectivity index (χ2n) is 6.59. The highest BCUT2D eigenvalue weighted by atomic mass is 32.1. The number of nitrogens with one attached hydrogen (secondary N) is 2. The molecule has 2 aliphatic carbocycles. The molecule has 1 aromatic heterocycles. The maximum atomic E-state index is 12.5. The fraction of sp³-hybridized carbons (Fsp3) is 0.706. The molecule has 126 valence electrons. The van der Waals surface area contributed by atoms with Gasteiger partial charge in [-0.15, -0.1) is 11.3 Å². The highest BCUT2D eigenvalue weighted by Crippen LogP contribution is 2.37. The van der Waals surface area contributed by atoms with Gasteiger partial charge in [-0.05, 0) is 31.6 Å². The first-order valence-corrected chi connectivity index (χ1v) is 9.53. The molecule has 2 aliphatic rings. The van der Waals surface area contributed by atoms with Crippen LogP contribution in [0, 0.1) is 5.92 Å². The molecule has 0 unspecified atom stereocenters. The third-order valence-electron chi connectivity index (χ3n) is 5.03. The van der Waals surface area contributed by atoms with Gasteiger partial charge in [-0.3, -0.25) is 9.79 Å². The van der Waals surface area contributed by atoms with E-state index >= 15 is 0 Å². The maximum absolute atomic E-state index is 12.5. The molecule has 2 atom stereocenters. The van der Waals surface area contributed by atoms with Gasteiger partial charge in [0.25, 0.3) is 0 Å². The second-order valence-corrected chi connectivity index (χ2v) is 7.65. The Labute approximate surface area is 142 Å². The Hall–Kier alpha value is -1.43. The molecule has 1 amide bonds. The number of nitrogens with zero attached hydrogens (tertiary/aromatic N) is 2. The molecule has 2 fully saturated rings. The minimum Gasteiger partial charge on any atom is -0.373 e. The normalized spacial score (nSPS) is 25.8. The van der Waals surface area contributed by atoms with E-state index in [-0.39, 0.29) is 17.9 Å². The summed E-state index contributed by atoms with van der Waals surface area (Å²) in [4.78, 5) is 22.3. The third-order valence-corrected chi connectivity index (χ3v) is 6.11. The standard InChI is InChI=1S/C17H26N4OS/c1-18-11-20-14-9-5-8-13(14)16(22)21-17-19-10-15(23-17)12-6-3-2-4-7-12/h10-14H,2-9H2,1H3,(H,18,20)(H,19,21,22)/t13-,14+/m0/s1. The summed E-state index contributed by atoms with van der Waals surface area (Å²) in [6.07, 6.45) is 13.2. The van der Waals surface area contributed by atoms with Crippen LogP contribution in [0.1, 0.15) is 62.2 Å². The van der Waals surface area contributed by atoms with Crippen LogP contribution in [0.2, 0.25) is 0 Å². The van der Waals surface area contributed by atoms with Crippen molar-refractivity contribution in [3.8, 4) is 0 Å². The van der Waals surface area contributed by atoms with Crippen LogP contribution in [0.25, 0.3) is 0 Å². The summed E-state index contributed by atoms with van der Waals surface area (Å²) in [5.41, 5.74) is 0. The van der Waals surface area contributed by atoms with Gasteiger partial charge >= 0.3 is 0 Å². The number of thiazole rings is 1. The molecule has 23 heavy (non-hydrogen) atoms. The first-order valence-electron chi connectivity index (χ1n) is 8.71. The lowest BCUT2D eigenvalue weighted by Gasteiger charge is -2.19. The predicted molar refractivity (Wildman–Crippen MR) is 95.3 cm³/mol. The van der Waals surface area contributed by atoms with Crippen LogP contribution >= 0.6 is 11.3 Å². The lowest BCUT2D eigenvalue weighted by atomic mass is 9.89. The van der Waals surface area contributed by atoms with E-state index in [0.717, 1.165) is 24.4 Å². The molecule has 0 bridgehead atoms. The van der Waals surface area contributed by atoms with Gasteiger partial charge in [0.05, 0.1) is 12.3 Å². The minimum absolute atomic E-state index is 0.00929. The summed E-state index contributed by atoms with van der Waals surface area (Å²) < 4.78 is 0. The molecule has 5 nitrogen and oxygen atoms in total. The largest absolute Gasteiger partial charge is 0.373 e. The summed E-state index contributed by atoms with van der Waals surface area (Å²) in [5.74, 6) is 0.748. The zero-order valence-corrected chi connectivity index (χ0v) is 14.6. The van der Waals surface area contributed by atoms with Crippen LogP contribution in [-0.4, -0.2) is 30.3 Å². The Morgan fingerprint density at radius 1 is 1.26 bits per heavy atom. The number of amides is 1. The van der Waals surface area contributed by atoms with E-state index in [1.54, 1.807) is 24.7 Å². The van der Waals surface area contributed by atoms with Crippen molar-refractivity contribution in [3.05, 3.63) is 11.1 Å². The van der Waals surface area contributed by atoms with Gasteiger partial charge in [-0.1, -0.05) is 25.7 Å². The van der Waals surface area contributed by atoms with Gasteiger partial charge in [0.2, 0.25) is 5.91 Å². The van der Waals surface area contributed by atoms with Crippen molar-refractivity contribution in [3.63, 3.8) is 0 Å². The SMILES string of the molecule is CN=CN[C@@H]1CCC[C@@H]1C(=O)Nc1ncc(C2CCCCC2)s1. The average Bonchev–Trinajstić information content (AvgIpc) is 3.23. The van der Waals surface area contributed by atoms with E-state index in [1.165, 1.54) is 37.0 Å². The van der Waals surface area contributed by atoms with E-state index in [2.05, 4.69) is 20.6 Å². The van der Waals surface area contributed by atoms with Crippen molar-refractivity contribution in [1.29, 1.82) is 0 Å². The molecule has 0 spiro atoms. The van der Waals surface area contributed by atoms with Gasteiger partial charge in [0.15, 0.2) is 5.13 Å². The Balaban J connectivity index is 1.58.